The Kier molecular flexibility index (Phi) is 3.32. The Bertz CT molecular complexity index is 491. The van der Waals surface area contributed by atoms with E-state index in [0.29, 0.717) is 11.8 Å². The molecule has 0 unspecified atom stereocenters. The molecular weight excluding hydrogens is 228 g/mol. The molecule has 1 N–H and O–H groups in total. The maximum Gasteiger partial charge on any atom is 0.258 e. The Morgan fingerprint density at radius 1 is 1.22 bits per heavy atom. The summed E-state index contributed by atoms with van der Waals surface area (Å²) in [6.45, 7) is 2.19. The Labute approximate surface area is 106 Å². The SMILES string of the molecule is c1cc(-c2nc(CC3CCNCC3)no2)ccn1. The van der Waals surface area contributed by atoms with Crippen LogP contribution in [0.4, 0.5) is 0 Å². The molecule has 94 valence electrons. The van der Waals surface area contributed by atoms with Crippen LogP contribution in [-0.2, 0) is 6.42 Å². The van der Waals surface area contributed by atoms with Crippen LogP contribution in [0.1, 0.15) is 18.7 Å². The number of piperidine rings is 1. The van der Waals surface area contributed by atoms with Crippen molar-refractivity contribution in [1.82, 2.24) is 20.4 Å². The smallest absolute Gasteiger partial charge is 0.258 e. The molecule has 0 aliphatic carbocycles. The van der Waals surface area contributed by atoms with Crippen molar-refractivity contribution >= 4 is 0 Å². The van der Waals surface area contributed by atoms with Crippen molar-refractivity contribution in [2.45, 2.75) is 19.3 Å². The lowest BCUT2D eigenvalue weighted by Gasteiger charge is -2.20. The minimum absolute atomic E-state index is 0.585. The van der Waals surface area contributed by atoms with Gasteiger partial charge in [0.1, 0.15) is 0 Å². The summed E-state index contributed by atoms with van der Waals surface area (Å²) in [5.41, 5.74) is 0.925. The fraction of sp³-hybridized carbons (Fsp3) is 0.462. The van der Waals surface area contributed by atoms with Crippen molar-refractivity contribution in [3.63, 3.8) is 0 Å². The highest BCUT2D eigenvalue weighted by Crippen LogP contribution is 2.19. The fourth-order valence-electron chi connectivity index (χ4n) is 2.29. The molecule has 0 atom stereocenters. The Morgan fingerprint density at radius 2 is 2.00 bits per heavy atom. The molecule has 0 radical (unpaired) electrons. The lowest BCUT2D eigenvalue weighted by molar-refractivity contribution is 0.356. The Hall–Kier alpha value is -1.75. The largest absolute Gasteiger partial charge is 0.334 e. The lowest BCUT2D eigenvalue weighted by atomic mass is 9.94. The minimum Gasteiger partial charge on any atom is -0.334 e. The van der Waals surface area contributed by atoms with Crippen LogP contribution in [0, 0.1) is 5.92 Å². The second-order valence-corrected chi connectivity index (χ2v) is 4.65. The molecule has 0 saturated carbocycles. The predicted molar refractivity (Wildman–Crippen MR) is 66.8 cm³/mol. The van der Waals surface area contributed by atoms with E-state index in [4.69, 9.17) is 4.52 Å². The van der Waals surface area contributed by atoms with E-state index in [9.17, 15) is 0 Å². The standard InChI is InChI=1S/C13H16N4O/c1-5-14-6-2-10(1)9-12-16-13(18-17-12)11-3-7-15-8-4-11/h3-4,7-8,10,14H,1-2,5-6,9H2. The highest BCUT2D eigenvalue weighted by Gasteiger charge is 2.17. The molecule has 2 aromatic rings. The molecule has 2 aromatic heterocycles. The molecule has 0 bridgehead atoms. The summed E-state index contributed by atoms with van der Waals surface area (Å²) in [5, 5.41) is 7.42. The van der Waals surface area contributed by atoms with Gasteiger partial charge in [-0.3, -0.25) is 4.98 Å². The van der Waals surface area contributed by atoms with E-state index < -0.39 is 0 Å². The molecule has 5 nitrogen and oxygen atoms in total. The van der Waals surface area contributed by atoms with Gasteiger partial charge in [-0.1, -0.05) is 5.16 Å². The van der Waals surface area contributed by atoms with Crippen LogP contribution in [-0.4, -0.2) is 28.2 Å². The quantitative estimate of drug-likeness (QED) is 0.889. The van der Waals surface area contributed by atoms with Gasteiger partial charge in [-0.15, -0.1) is 0 Å². The average molecular weight is 244 g/mol. The van der Waals surface area contributed by atoms with Crippen molar-refractivity contribution in [1.29, 1.82) is 0 Å². The molecule has 0 aromatic carbocycles. The zero-order valence-corrected chi connectivity index (χ0v) is 10.2. The zero-order valence-electron chi connectivity index (χ0n) is 10.2. The number of hydrogen-bond acceptors (Lipinski definition) is 5. The van der Waals surface area contributed by atoms with Crippen molar-refractivity contribution in [3.05, 3.63) is 30.4 Å². The van der Waals surface area contributed by atoms with Gasteiger partial charge in [0.25, 0.3) is 5.89 Å². The summed E-state index contributed by atoms with van der Waals surface area (Å²) >= 11 is 0. The summed E-state index contributed by atoms with van der Waals surface area (Å²) in [7, 11) is 0. The number of nitrogens with zero attached hydrogens (tertiary/aromatic N) is 3. The summed E-state index contributed by atoms with van der Waals surface area (Å²) in [4.78, 5) is 8.42. The van der Waals surface area contributed by atoms with E-state index in [1.807, 2.05) is 12.1 Å². The maximum absolute atomic E-state index is 5.29. The monoisotopic (exact) mass is 244 g/mol. The topological polar surface area (TPSA) is 63.8 Å². The van der Waals surface area contributed by atoms with Crippen molar-refractivity contribution in [2.75, 3.05) is 13.1 Å². The molecule has 3 heterocycles. The fourth-order valence-corrected chi connectivity index (χ4v) is 2.29. The number of hydrogen-bond donors (Lipinski definition) is 1. The van der Waals surface area contributed by atoms with Gasteiger partial charge in [-0.05, 0) is 44.0 Å². The summed E-state index contributed by atoms with van der Waals surface area (Å²) in [6.07, 6.45) is 6.76. The van der Waals surface area contributed by atoms with E-state index in [-0.39, 0.29) is 0 Å². The van der Waals surface area contributed by atoms with Gasteiger partial charge < -0.3 is 9.84 Å². The van der Waals surface area contributed by atoms with Crippen LogP contribution in [0.5, 0.6) is 0 Å². The molecule has 1 fully saturated rings. The van der Waals surface area contributed by atoms with E-state index in [2.05, 4.69) is 20.4 Å². The Balaban J connectivity index is 1.69. The van der Waals surface area contributed by atoms with E-state index in [1.54, 1.807) is 12.4 Å². The third-order valence-electron chi connectivity index (χ3n) is 3.33. The summed E-state index contributed by atoms with van der Waals surface area (Å²) in [6, 6.07) is 3.75. The first-order chi connectivity index (χ1) is 8.92. The van der Waals surface area contributed by atoms with Crippen LogP contribution >= 0.6 is 0 Å². The first-order valence-corrected chi connectivity index (χ1v) is 6.35. The number of pyridine rings is 1. The molecular formula is C13H16N4O. The van der Waals surface area contributed by atoms with Gasteiger partial charge in [-0.2, -0.15) is 4.98 Å². The summed E-state index contributed by atoms with van der Waals surface area (Å²) in [5.74, 6) is 2.07. The second-order valence-electron chi connectivity index (χ2n) is 4.65. The molecule has 0 amide bonds. The van der Waals surface area contributed by atoms with E-state index >= 15 is 0 Å². The van der Waals surface area contributed by atoms with Crippen molar-refractivity contribution < 1.29 is 4.52 Å². The van der Waals surface area contributed by atoms with Crippen molar-refractivity contribution in [3.8, 4) is 11.5 Å². The van der Waals surface area contributed by atoms with Gasteiger partial charge in [0.15, 0.2) is 5.82 Å². The predicted octanol–water partition coefficient (Wildman–Crippen LogP) is 1.67. The normalized spacial score (nSPS) is 16.9. The Morgan fingerprint density at radius 3 is 2.78 bits per heavy atom. The van der Waals surface area contributed by atoms with Gasteiger partial charge in [0.2, 0.25) is 0 Å². The van der Waals surface area contributed by atoms with E-state index in [1.165, 1.54) is 12.8 Å². The molecule has 18 heavy (non-hydrogen) atoms. The zero-order chi connectivity index (χ0) is 12.2. The summed E-state index contributed by atoms with van der Waals surface area (Å²) < 4.78 is 5.29. The minimum atomic E-state index is 0.585. The van der Waals surface area contributed by atoms with Gasteiger partial charge >= 0.3 is 0 Å². The van der Waals surface area contributed by atoms with Crippen LogP contribution < -0.4 is 5.32 Å². The molecule has 1 saturated heterocycles. The first-order valence-electron chi connectivity index (χ1n) is 6.35. The molecule has 3 rings (SSSR count). The van der Waals surface area contributed by atoms with E-state index in [0.717, 1.165) is 30.9 Å². The second kappa shape index (κ2) is 5.27. The molecule has 1 aliphatic heterocycles. The highest BCUT2D eigenvalue weighted by atomic mass is 16.5. The molecule has 0 spiro atoms. The van der Waals surface area contributed by atoms with Crippen LogP contribution in [0.2, 0.25) is 0 Å². The van der Waals surface area contributed by atoms with Crippen LogP contribution in [0.3, 0.4) is 0 Å². The third-order valence-corrected chi connectivity index (χ3v) is 3.33. The maximum atomic E-state index is 5.29. The number of aromatic nitrogens is 3. The molecule has 5 heteroatoms. The highest BCUT2D eigenvalue weighted by molar-refractivity contribution is 5.50. The van der Waals surface area contributed by atoms with Crippen molar-refractivity contribution in [2.24, 2.45) is 5.92 Å². The van der Waals surface area contributed by atoms with Crippen LogP contribution in [0.15, 0.2) is 29.0 Å². The first kappa shape index (κ1) is 11.3. The van der Waals surface area contributed by atoms with Gasteiger partial charge in [-0.25, -0.2) is 0 Å². The lowest BCUT2D eigenvalue weighted by Crippen LogP contribution is -2.28. The third kappa shape index (κ3) is 2.56. The average Bonchev–Trinajstić information content (AvgIpc) is 2.89. The van der Waals surface area contributed by atoms with Gasteiger partial charge in [0, 0.05) is 24.4 Å². The van der Waals surface area contributed by atoms with Crippen LogP contribution in [0.25, 0.3) is 11.5 Å². The van der Waals surface area contributed by atoms with Gasteiger partial charge in [0.05, 0.1) is 0 Å². The number of rotatable bonds is 3. The number of nitrogens with one attached hydrogen (secondary N) is 1. The molecule has 1 aliphatic rings.